The molecule has 3 rings (SSSR count). The molecule has 1 aromatic heterocycles. The SMILES string of the molecule is CCCNC(C)c1cnc(C2CCc3ccccc3C2)s1. The quantitative estimate of drug-likeness (QED) is 0.881. The van der Waals surface area contributed by atoms with Crippen LogP contribution < -0.4 is 5.32 Å². The molecule has 2 aromatic rings. The lowest BCUT2D eigenvalue weighted by atomic mass is 9.84. The molecule has 1 aromatic carbocycles. The van der Waals surface area contributed by atoms with Crippen LogP contribution in [-0.2, 0) is 12.8 Å². The Morgan fingerprint density at radius 1 is 1.33 bits per heavy atom. The average molecular weight is 300 g/mol. The van der Waals surface area contributed by atoms with E-state index in [2.05, 4.69) is 49.6 Å². The van der Waals surface area contributed by atoms with Gasteiger partial charge in [-0.25, -0.2) is 4.98 Å². The van der Waals surface area contributed by atoms with Gasteiger partial charge in [-0.3, -0.25) is 0 Å². The third-order valence-corrected chi connectivity index (χ3v) is 5.71. The van der Waals surface area contributed by atoms with Crippen LogP contribution in [0, 0.1) is 0 Å². The molecule has 0 aliphatic heterocycles. The molecule has 112 valence electrons. The summed E-state index contributed by atoms with van der Waals surface area (Å²) in [6.45, 7) is 5.52. The van der Waals surface area contributed by atoms with Crippen LogP contribution in [0.5, 0.6) is 0 Å². The zero-order chi connectivity index (χ0) is 14.7. The summed E-state index contributed by atoms with van der Waals surface area (Å²) in [6, 6.07) is 9.29. The van der Waals surface area contributed by atoms with Crippen LogP contribution in [0.2, 0.25) is 0 Å². The summed E-state index contributed by atoms with van der Waals surface area (Å²) < 4.78 is 0. The van der Waals surface area contributed by atoms with Crippen molar-refractivity contribution in [3.8, 4) is 0 Å². The second kappa shape index (κ2) is 6.71. The van der Waals surface area contributed by atoms with Crippen molar-refractivity contribution in [1.29, 1.82) is 0 Å². The molecular weight excluding hydrogens is 276 g/mol. The van der Waals surface area contributed by atoms with Gasteiger partial charge in [0.25, 0.3) is 0 Å². The molecule has 2 nitrogen and oxygen atoms in total. The number of benzene rings is 1. The number of rotatable bonds is 5. The summed E-state index contributed by atoms with van der Waals surface area (Å²) in [5.74, 6) is 0.608. The maximum atomic E-state index is 4.72. The molecule has 0 saturated heterocycles. The molecule has 1 heterocycles. The fraction of sp³-hybridized carbons (Fsp3) is 0.500. The summed E-state index contributed by atoms with van der Waals surface area (Å²) in [7, 11) is 0. The van der Waals surface area contributed by atoms with Gasteiger partial charge in [-0.2, -0.15) is 0 Å². The molecular formula is C18H24N2S. The van der Waals surface area contributed by atoms with Crippen molar-refractivity contribution in [1.82, 2.24) is 10.3 Å². The van der Waals surface area contributed by atoms with Crippen LogP contribution in [-0.4, -0.2) is 11.5 Å². The van der Waals surface area contributed by atoms with E-state index in [0.717, 1.165) is 13.0 Å². The Morgan fingerprint density at radius 2 is 2.14 bits per heavy atom. The van der Waals surface area contributed by atoms with Crippen molar-refractivity contribution in [2.75, 3.05) is 6.54 Å². The largest absolute Gasteiger partial charge is 0.309 e. The van der Waals surface area contributed by atoms with Gasteiger partial charge in [0.15, 0.2) is 0 Å². The Bertz CT molecular complexity index is 590. The van der Waals surface area contributed by atoms with Gasteiger partial charge in [0.2, 0.25) is 0 Å². The topological polar surface area (TPSA) is 24.9 Å². The number of fused-ring (bicyclic) bond motifs is 1. The minimum Gasteiger partial charge on any atom is -0.309 e. The average Bonchev–Trinajstić information content (AvgIpc) is 3.02. The fourth-order valence-electron chi connectivity index (χ4n) is 3.06. The van der Waals surface area contributed by atoms with E-state index in [1.807, 2.05) is 11.3 Å². The minimum atomic E-state index is 0.423. The van der Waals surface area contributed by atoms with Gasteiger partial charge in [0, 0.05) is 23.0 Å². The summed E-state index contributed by atoms with van der Waals surface area (Å²) in [5, 5.41) is 4.87. The van der Waals surface area contributed by atoms with Crippen molar-refractivity contribution >= 4 is 11.3 Å². The van der Waals surface area contributed by atoms with Gasteiger partial charge in [-0.15, -0.1) is 11.3 Å². The van der Waals surface area contributed by atoms with E-state index in [4.69, 9.17) is 4.98 Å². The molecule has 0 saturated carbocycles. The molecule has 0 radical (unpaired) electrons. The lowest BCUT2D eigenvalue weighted by molar-refractivity contribution is 0.577. The number of nitrogens with zero attached hydrogens (tertiary/aromatic N) is 1. The highest BCUT2D eigenvalue weighted by atomic mass is 32.1. The van der Waals surface area contributed by atoms with Crippen LogP contribution in [0.4, 0.5) is 0 Å². The maximum absolute atomic E-state index is 4.72. The van der Waals surface area contributed by atoms with Crippen molar-refractivity contribution < 1.29 is 0 Å². The van der Waals surface area contributed by atoms with E-state index in [0.29, 0.717) is 12.0 Å². The van der Waals surface area contributed by atoms with E-state index in [1.54, 1.807) is 0 Å². The molecule has 0 fully saturated rings. The van der Waals surface area contributed by atoms with Crippen molar-refractivity contribution in [2.24, 2.45) is 0 Å². The Morgan fingerprint density at radius 3 is 2.95 bits per heavy atom. The number of nitrogens with one attached hydrogen (secondary N) is 1. The monoisotopic (exact) mass is 300 g/mol. The van der Waals surface area contributed by atoms with E-state index >= 15 is 0 Å². The molecule has 21 heavy (non-hydrogen) atoms. The zero-order valence-corrected chi connectivity index (χ0v) is 13.7. The summed E-state index contributed by atoms with van der Waals surface area (Å²) >= 11 is 1.90. The van der Waals surface area contributed by atoms with Crippen LogP contribution in [0.15, 0.2) is 30.5 Å². The first-order valence-electron chi connectivity index (χ1n) is 8.03. The maximum Gasteiger partial charge on any atom is 0.0962 e. The molecule has 0 amide bonds. The molecule has 1 aliphatic rings. The number of hydrogen-bond donors (Lipinski definition) is 1. The lowest BCUT2D eigenvalue weighted by Crippen LogP contribution is -2.18. The van der Waals surface area contributed by atoms with Crippen LogP contribution >= 0.6 is 11.3 Å². The molecule has 1 aliphatic carbocycles. The lowest BCUT2D eigenvalue weighted by Gasteiger charge is -2.22. The van der Waals surface area contributed by atoms with Crippen LogP contribution in [0.1, 0.15) is 59.7 Å². The van der Waals surface area contributed by atoms with Gasteiger partial charge in [0.1, 0.15) is 0 Å². The Kier molecular flexibility index (Phi) is 4.71. The number of aromatic nitrogens is 1. The fourth-order valence-corrected chi connectivity index (χ4v) is 4.14. The van der Waals surface area contributed by atoms with Gasteiger partial charge >= 0.3 is 0 Å². The van der Waals surface area contributed by atoms with Gasteiger partial charge in [0.05, 0.1) is 5.01 Å². The van der Waals surface area contributed by atoms with E-state index in [-0.39, 0.29) is 0 Å². The third-order valence-electron chi connectivity index (χ3n) is 4.36. The number of hydrogen-bond acceptors (Lipinski definition) is 3. The van der Waals surface area contributed by atoms with Crippen molar-refractivity contribution in [2.45, 2.75) is 51.5 Å². The summed E-state index contributed by atoms with van der Waals surface area (Å²) in [6.07, 6.45) is 6.84. The standard InChI is InChI=1S/C18H24N2S/c1-3-10-19-13(2)17-12-20-18(21-17)16-9-8-14-6-4-5-7-15(14)11-16/h4-7,12-13,16,19H,3,8-11H2,1-2H3. The summed E-state index contributed by atoms with van der Waals surface area (Å²) in [4.78, 5) is 6.09. The van der Waals surface area contributed by atoms with Gasteiger partial charge in [-0.05, 0) is 50.3 Å². The first-order valence-corrected chi connectivity index (χ1v) is 8.85. The third kappa shape index (κ3) is 3.35. The Balaban J connectivity index is 1.70. The first kappa shape index (κ1) is 14.7. The van der Waals surface area contributed by atoms with Gasteiger partial charge in [-0.1, -0.05) is 31.2 Å². The minimum absolute atomic E-state index is 0.423. The first-order chi connectivity index (χ1) is 10.3. The second-order valence-electron chi connectivity index (χ2n) is 5.99. The smallest absolute Gasteiger partial charge is 0.0962 e. The van der Waals surface area contributed by atoms with Crippen molar-refractivity contribution in [3.05, 3.63) is 51.5 Å². The molecule has 3 heteroatoms. The highest BCUT2D eigenvalue weighted by molar-refractivity contribution is 7.11. The highest BCUT2D eigenvalue weighted by Crippen LogP contribution is 2.35. The van der Waals surface area contributed by atoms with Crippen LogP contribution in [0.3, 0.4) is 0 Å². The molecule has 1 N–H and O–H groups in total. The predicted molar refractivity (Wildman–Crippen MR) is 90.0 cm³/mol. The normalized spacial score (nSPS) is 19.2. The highest BCUT2D eigenvalue weighted by Gasteiger charge is 2.23. The number of aryl methyl sites for hydroxylation is 1. The van der Waals surface area contributed by atoms with E-state index in [1.165, 1.54) is 40.3 Å². The molecule has 2 atom stereocenters. The van der Waals surface area contributed by atoms with Crippen molar-refractivity contribution in [3.63, 3.8) is 0 Å². The van der Waals surface area contributed by atoms with E-state index in [9.17, 15) is 0 Å². The number of thiazole rings is 1. The zero-order valence-electron chi connectivity index (χ0n) is 12.9. The molecule has 0 spiro atoms. The Labute approximate surface area is 131 Å². The molecule has 0 bridgehead atoms. The predicted octanol–water partition coefficient (Wildman–Crippen LogP) is 4.48. The Hall–Kier alpha value is -1.19. The van der Waals surface area contributed by atoms with Crippen LogP contribution in [0.25, 0.3) is 0 Å². The van der Waals surface area contributed by atoms with Gasteiger partial charge < -0.3 is 5.32 Å². The summed E-state index contributed by atoms with van der Waals surface area (Å²) in [5.41, 5.74) is 3.05. The second-order valence-corrected chi connectivity index (χ2v) is 7.08. The molecule has 2 unspecified atom stereocenters. The van der Waals surface area contributed by atoms with E-state index < -0.39 is 0 Å².